The molecule has 17 heavy (non-hydrogen) atoms. The van der Waals surface area contributed by atoms with Crippen molar-refractivity contribution in [1.82, 2.24) is 4.98 Å². The van der Waals surface area contributed by atoms with Crippen LogP contribution in [0.3, 0.4) is 0 Å². The fourth-order valence-electron chi connectivity index (χ4n) is 2.69. The number of aliphatic hydroxyl groups excluding tert-OH is 1. The minimum absolute atomic E-state index is 0.0810. The van der Waals surface area contributed by atoms with Crippen LogP contribution in [-0.4, -0.2) is 22.3 Å². The van der Waals surface area contributed by atoms with E-state index in [9.17, 15) is 5.11 Å². The molecule has 0 radical (unpaired) electrons. The van der Waals surface area contributed by atoms with E-state index < -0.39 is 0 Å². The van der Waals surface area contributed by atoms with E-state index in [1.165, 1.54) is 0 Å². The first-order valence-corrected chi connectivity index (χ1v) is 6.87. The first-order valence-electron chi connectivity index (χ1n) is 6.07. The van der Waals surface area contributed by atoms with Gasteiger partial charge in [-0.25, -0.2) is 0 Å². The Bertz CT molecular complexity index is 393. The summed E-state index contributed by atoms with van der Waals surface area (Å²) in [5.41, 5.74) is -0.0810. The van der Waals surface area contributed by atoms with Gasteiger partial charge in [-0.1, -0.05) is 13.8 Å². The third-order valence-electron chi connectivity index (χ3n) is 4.02. The first kappa shape index (κ1) is 12.8. The number of hydrogen-bond acceptors (Lipinski definition) is 3. The van der Waals surface area contributed by atoms with Gasteiger partial charge in [-0.15, -0.1) is 0 Å². The van der Waals surface area contributed by atoms with Crippen LogP contribution in [0.25, 0.3) is 0 Å². The van der Waals surface area contributed by atoms with Crippen molar-refractivity contribution >= 4 is 15.9 Å². The molecule has 1 aromatic heterocycles. The van der Waals surface area contributed by atoms with E-state index in [-0.39, 0.29) is 17.6 Å². The Labute approximate surface area is 110 Å². The van der Waals surface area contributed by atoms with Gasteiger partial charge >= 0.3 is 0 Å². The molecular weight excluding hydrogens is 282 g/mol. The molecule has 1 aromatic rings. The van der Waals surface area contributed by atoms with Crippen molar-refractivity contribution in [3.63, 3.8) is 0 Å². The maximum Gasteiger partial charge on any atom is 0.139 e. The molecule has 0 aromatic carbocycles. The Morgan fingerprint density at radius 3 is 2.71 bits per heavy atom. The molecule has 94 valence electrons. The maximum absolute atomic E-state index is 9.96. The summed E-state index contributed by atoms with van der Waals surface area (Å²) in [5, 5.41) is 9.96. The van der Waals surface area contributed by atoms with Crippen LogP contribution in [0.5, 0.6) is 5.75 Å². The van der Waals surface area contributed by atoms with Gasteiger partial charge in [0.1, 0.15) is 11.9 Å². The smallest absolute Gasteiger partial charge is 0.139 e. The molecule has 0 aliphatic heterocycles. The molecule has 0 spiro atoms. The van der Waals surface area contributed by atoms with Crippen LogP contribution in [-0.2, 0) is 0 Å². The number of pyridine rings is 1. The van der Waals surface area contributed by atoms with Crippen molar-refractivity contribution in [2.45, 2.75) is 45.3 Å². The summed E-state index contributed by atoms with van der Waals surface area (Å²) in [5.74, 6) is 0.766. The number of ether oxygens (including phenoxy) is 1. The summed E-state index contributed by atoms with van der Waals surface area (Å²) in [6, 6.07) is 1.91. The summed E-state index contributed by atoms with van der Waals surface area (Å²) in [4.78, 5) is 4.08. The lowest BCUT2D eigenvalue weighted by atomic mass is 9.60. The van der Waals surface area contributed by atoms with E-state index in [1.54, 1.807) is 12.4 Å². The van der Waals surface area contributed by atoms with Crippen LogP contribution in [0, 0.1) is 5.41 Å². The largest absolute Gasteiger partial charge is 0.488 e. The number of nitrogens with zero attached hydrogens (tertiary/aromatic N) is 1. The maximum atomic E-state index is 9.96. The lowest BCUT2D eigenvalue weighted by molar-refractivity contribution is -0.159. The molecule has 3 nitrogen and oxygen atoms in total. The lowest BCUT2D eigenvalue weighted by Gasteiger charge is -2.52. The number of halogens is 1. The van der Waals surface area contributed by atoms with E-state index in [2.05, 4.69) is 34.8 Å². The van der Waals surface area contributed by atoms with Crippen LogP contribution >= 0.6 is 15.9 Å². The molecule has 1 saturated carbocycles. The molecule has 4 heteroatoms. The van der Waals surface area contributed by atoms with E-state index >= 15 is 0 Å². The van der Waals surface area contributed by atoms with Crippen molar-refractivity contribution in [3.8, 4) is 5.75 Å². The van der Waals surface area contributed by atoms with Gasteiger partial charge in [0.05, 0.1) is 12.3 Å². The van der Waals surface area contributed by atoms with E-state index in [0.29, 0.717) is 6.42 Å². The van der Waals surface area contributed by atoms with Gasteiger partial charge < -0.3 is 9.84 Å². The van der Waals surface area contributed by atoms with Crippen LogP contribution in [0.1, 0.15) is 33.1 Å². The van der Waals surface area contributed by atoms with Gasteiger partial charge in [-0.2, -0.15) is 0 Å². The van der Waals surface area contributed by atoms with Crippen LogP contribution in [0.2, 0.25) is 0 Å². The third kappa shape index (κ3) is 2.20. The number of hydrogen-bond donors (Lipinski definition) is 1. The van der Waals surface area contributed by atoms with E-state index in [1.807, 2.05) is 6.07 Å². The average molecular weight is 300 g/mol. The first-order chi connectivity index (χ1) is 8.12. The molecule has 2 atom stereocenters. The van der Waals surface area contributed by atoms with Gasteiger partial charge in [0.25, 0.3) is 0 Å². The molecule has 1 fully saturated rings. The molecule has 0 saturated heterocycles. The topological polar surface area (TPSA) is 42.4 Å². The fourth-order valence-corrected chi connectivity index (χ4v) is 3.03. The summed E-state index contributed by atoms with van der Waals surface area (Å²) < 4.78 is 6.86. The Kier molecular flexibility index (Phi) is 3.73. The van der Waals surface area contributed by atoms with Crippen molar-refractivity contribution in [2.75, 3.05) is 0 Å². The molecule has 0 amide bonds. The van der Waals surface area contributed by atoms with Crippen molar-refractivity contribution in [2.24, 2.45) is 5.41 Å². The summed E-state index contributed by atoms with van der Waals surface area (Å²) >= 11 is 3.37. The monoisotopic (exact) mass is 299 g/mol. The lowest BCUT2D eigenvalue weighted by Crippen LogP contribution is -2.59. The van der Waals surface area contributed by atoms with Crippen molar-refractivity contribution < 1.29 is 9.84 Å². The fraction of sp³-hybridized carbons (Fsp3) is 0.615. The Morgan fingerprint density at radius 1 is 1.47 bits per heavy atom. The second kappa shape index (κ2) is 4.94. The highest BCUT2D eigenvalue weighted by Crippen LogP contribution is 2.48. The standard InChI is InChI=1S/C13H18BrNO2/c1-3-13(4-2)11(16)6-12(13)17-10-5-9(14)7-15-8-10/h5,7-8,11-12,16H,3-4,6H2,1-2H3. The van der Waals surface area contributed by atoms with Gasteiger partial charge in [0.2, 0.25) is 0 Å². The number of rotatable bonds is 4. The molecule has 1 aliphatic carbocycles. The normalized spacial score (nSPS) is 26.4. The van der Waals surface area contributed by atoms with E-state index in [0.717, 1.165) is 23.1 Å². The third-order valence-corrected chi connectivity index (χ3v) is 4.45. The molecule has 1 N–H and O–H groups in total. The van der Waals surface area contributed by atoms with Crippen LogP contribution < -0.4 is 4.74 Å². The van der Waals surface area contributed by atoms with Gasteiger partial charge in [-0.3, -0.25) is 4.98 Å². The Morgan fingerprint density at radius 2 is 2.18 bits per heavy atom. The molecule has 2 rings (SSSR count). The highest BCUT2D eigenvalue weighted by Gasteiger charge is 2.53. The summed E-state index contributed by atoms with van der Waals surface area (Å²) in [7, 11) is 0. The van der Waals surface area contributed by atoms with Gasteiger partial charge in [0.15, 0.2) is 0 Å². The zero-order valence-electron chi connectivity index (χ0n) is 10.2. The highest BCUT2D eigenvalue weighted by atomic mass is 79.9. The van der Waals surface area contributed by atoms with E-state index in [4.69, 9.17) is 4.74 Å². The molecule has 1 aliphatic rings. The second-order valence-corrected chi connectivity index (χ2v) is 5.55. The molecule has 2 unspecified atom stereocenters. The average Bonchev–Trinajstić information content (AvgIpc) is 2.30. The minimum atomic E-state index is -0.234. The molecular formula is C13H18BrNO2. The SMILES string of the molecule is CCC1(CC)C(O)CC1Oc1cncc(Br)c1. The quantitative estimate of drug-likeness (QED) is 0.928. The van der Waals surface area contributed by atoms with Gasteiger partial charge in [0, 0.05) is 22.5 Å². The summed E-state index contributed by atoms with van der Waals surface area (Å²) in [6.07, 6.45) is 5.91. The predicted molar refractivity (Wildman–Crippen MR) is 70.0 cm³/mol. The van der Waals surface area contributed by atoms with Gasteiger partial charge in [-0.05, 0) is 34.8 Å². The Hall–Kier alpha value is -0.610. The second-order valence-electron chi connectivity index (χ2n) is 4.64. The zero-order valence-corrected chi connectivity index (χ0v) is 11.8. The van der Waals surface area contributed by atoms with Crippen LogP contribution in [0.15, 0.2) is 22.9 Å². The van der Waals surface area contributed by atoms with Crippen LogP contribution in [0.4, 0.5) is 0 Å². The van der Waals surface area contributed by atoms with Crippen molar-refractivity contribution in [3.05, 3.63) is 22.9 Å². The number of aromatic nitrogens is 1. The zero-order chi connectivity index (χ0) is 12.5. The molecule has 0 bridgehead atoms. The predicted octanol–water partition coefficient (Wildman–Crippen LogP) is 3.16. The van der Waals surface area contributed by atoms with Crippen molar-refractivity contribution in [1.29, 1.82) is 0 Å². The Balaban J connectivity index is 2.10. The number of aliphatic hydroxyl groups is 1. The minimum Gasteiger partial charge on any atom is -0.488 e. The highest BCUT2D eigenvalue weighted by molar-refractivity contribution is 9.10. The molecule has 1 heterocycles. The summed E-state index contributed by atoms with van der Waals surface area (Å²) in [6.45, 7) is 4.22.